The molecule has 7 nitrogen and oxygen atoms in total. The summed E-state index contributed by atoms with van der Waals surface area (Å²) in [6, 6.07) is 11.9. The highest BCUT2D eigenvalue weighted by Crippen LogP contribution is 2.39. The lowest BCUT2D eigenvalue weighted by Gasteiger charge is -2.16. The van der Waals surface area contributed by atoms with Crippen LogP contribution >= 0.6 is 27.7 Å². The van der Waals surface area contributed by atoms with Gasteiger partial charge in [0, 0.05) is 4.47 Å². The number of carbonyl (C=O) groups excluding carboxylic acids is 2. The van der Waals surface area contributed by atoms with E-state index in [4.69, 9.17) is 9.47 Å². The van der Waals surface area contributed by atoms with E-state index in [-0.39, 0.29) is 10.7 Å². The number of para-hydroxylation sites is 1. The van der Waals surface area contributed by atoms with Gasteiger partial charge in [0.25, 0.3) is 11.1 Å². The molecule has 0 bridgehead atoms. The minimum Gasteiger partial charge on any atom is -0.493 e. The summed E-state index contributed by atoms with van der Waals surface area (Å²) in [5, 5.41) is 8.79. The van der Waals surface area contributed by atoms with E-state index in [0.717, 1.165) is 16.7 Å². The van der Waals surface area contributed by atoms with Gasteiger partial charge in [-0.05, 0) is 70.0 Å². The maximum absolute atomic E-state index is 12.8. The third kappa shape index (κ3) is 4.52. The quantitative estimate of drug-likeness (QED) is 0.548. The highest BCUT2D eigenvalue weighted by atomic mass is 79.9. The predicted molar refractivity (Wildman–Crippen MR) is 118 cm³/mol. The first-order valence-corrected chi connectivity index (χ1v) is 10.6. The number of carboxylic acid groups (broad SMARTS) is 1. The number of hydrogen-bond acceptors (Lipinski definition) is 6. The summed E-state index contributed by atoms with van der Waals surface area (Å²) in [6.45, 7) is 1.71. The van der Waals surface area contributed by atoms with Crippen LogP contribution in [0.4, 0.5) is 10.5 Å². The molecular weight excluding hydrogens is 474 g/mol. The Balaban J connectivity index is 1.88. The topological polar surface area (TPSA) is 93.1 Å². The average molecular weight is 492 g/mol. The monoisotopic (exact) mass is 491 g/mol. The normalized spacial score (nSPS) is 16.1. The van der Waals surface area contributed by atoms with E-state index in [9.17, 15) is 19.5 Å². The van der Waals surface area contributed by atoms with Gasteiger partial charge in [-0.2, -0.15) is 0 Å². The number of amides is 2. The Morgan fingerprint density at radius 3 is 2.60 bits per heavy atom. The van der Waals surface area contributed by atoms with Crippen molar-refractivity contribution in [2.24, 2.45) is 0 Å². The van der Waals surface area contributed by atoms with E-state index in [1.54, 1.807) is 55.5 Å². The van der Waals surface area contributed by atoms with Crippen LogP contribution < -0.4 is 14.4 Å². The van der Waals surface area contributed by atoms with Crippen molar-refractivity contribution in [1.29, 1.82) is 0 Å². The van der Waals surface area contributed by atoms with Crippen molar-refractivity contribution < 1.29 is 29.0 Å². The molecule has 3 rings (SSSR count). The molecule has 1 atom stereocenters. The fourth-order valence-electron chi connectivity index (χ4n) is 2.79. The van der Waals surface area contributed by atoms with Crippen molar-refractivity contribution >= 4 is 56.6 Å². The van der Waals surface area contributed by atoms with Crippen LogP contribution in [0, 0.1) is 0 Å². The average Bonchev–Trinajstić information content (AvgIpc) is 3.00. The van der Waals surface area contributed by atoms with E-state index in [1.807, 2.05) is 0 Å². The number of carbonyl (C=O) groups is 3. The number of benzene rings is 2. The van der Waals surface area contributed by atoms with Crippen LogP contribution in [-0.4, -0.2) is 35.4 Å². The summed E-state index contributed by atoms with van der Waals surface area (Å²) in [5.74, 6) is -0.879. The van der Waals surface area contributed by atoms with E-state index in [1.165, 1.54) is 7.11 Å². The molecule has 0 spiro atoms. The predicted octanol–water partition coefficient (Wildman–Crippen LogP) is 4.94. The van der Waals surface area contributed by atoms with E-state index in [2.05, 4.69) is 15.9 Å². The zero-order chi connectivity index (χ0) is 21.8. The number of anilines is 1. The molecule has 0 aliphatic carbocycles. The molecule has 1 aliphatic heterocycles. The van der Waals surface area contributed by atoms with Gasteiger partial charge in [0.05, 0.1) is 17.7 Å². The lowest BCUT2D eigenvalue weighted by atomic mass is 10.1. The fraction of sp³-hybridized carbons (Fsp3) is 0.190. The lowest BCUT2D eigenvalue weighted by molar-refractivity contribution is -0.145. The largest absolute Gasteiger partial charge is 0.493 e. The first kappa shape index (κ1) is 21.9. The first-order chi connectivity index (χ1) is 14.3. The van der Waals surface area contributed by atoms with Crippen molar-refractivity contribution in [3.05, 3.63) is 57.4 Å². The third-order valence-corrected chi connectivity index (χ3v) is 5.83. The SMILES string of the molecule is CCC(Oc1ccc(/C=C2/SC(=O)N(c3ccccc3Br)C2=O)cc1OC)C(=O)O. The maximum Gasteiger partial charge on any atom is 0.344 e. The van der Waals surface area contributed by atoms with Crippen LogP contribution in [0.15, 0.2) is 51.8 Å². The molecule has 1 fully saturated rings. The van der Waals surface area contributed by atoms with Crippen molar-refractivity contribution in [1.82, 2.24) is 0 Å². The Kier molecular flexibility index (Phi) is 6.84. The number of rotatable bonds is 7. The third-order valence-electron chi connectivity index (χ3n) is 4.29. The molecular formula is C21H18BrNO6S. The molecule has 1 unspecified atom stereocenters. The number of hydrogen-bond donors (Lipinski definition) is 1. The van der Waals surface area contributed by atoms with Gasteiger partial charge in [0.2, 0.25) is 0 Å². The van der Waals surface area contributed by atoms with E-state index >= 15 is 0 Å². The number of thioether (sulfide) groups is 1. The Labute approximate surface area is 185 Å². The van der Waals surface area contributed by atoms with Crippen molar-refractivity contribution in [3.8, 4) is 11.5 Å². The molecule has 0 aromatic heterocycles. The molecule has 1 aliphatic rings. The number of ether oxygens (including phenoxy) is 2. The molecule has 30 heavy (non-hydrogen) atoms. The molecule has 1 saturated heterocycles. The van der Waals surface area contributed by atoms with Crippen molar-refractivity contribution in [2.45, 2.75) is 19.4 Å². The summed E-state index contributed by atoms with van der Waals surface area (Å²) in [5.41, 5.74) is 1.09. The van der Waals surface area contributed by atoms with Gasteiger partial charge in [-0.3, -0.25) is 9.59 Å². The van der Waals surface area contributed by atoms with E-state index in [0.29, 0.717) is 27.9 Å². The second-order valence-corrected chi connectivity index (χ2v) is 8.08. The van der Waals surface area contributed by atoms with Gasteiger partial charge in [-0.1, -0.05) is 25.1 Å². The van der Waals surface area contributed by atoms with Crippen LogP contribution in [-0.2, 0) is 9.59 Å². The van der Waals surface area contributed by atoms with Crippen LogP contribution in [0.2, 0.25) is 0 Å². The van der Waals surface area contributed by atoms with Crippen LogP contribution in [0.3, 0.4) is 0 Å². The van der Waals surface area contributed by atoms with Gasteiger partial charge in [0.15, 0.2) is 17.6 Å². The highest BCUT2D eigenvalue weighted by Gasteiger charge is 2.37. The molecule has 2 aromatic rings. The number of methoxy groups -OCH3 is 1. The minimum absolute atomic E-state index is 0.267. The van der Waals surface area contributed by atoms with Crippen LogP contribution in [0.1, 0.15) is 18.9 Å². The van der Waals surface area contributed by atoms with Gasteiger partial charge in [0.1, 0.15) is 0 Å². The van der Waals surface area contributed by atoms with Crippen molar-refractivity contribution in [3.63, 3.8) is 0 Å². The standard InChI is InChI=1S/C21H18BrNO6S/c1-3-15(20(25)26)29-16-9-8-12(10-17(16)28-2)11-18-19(24)23(21(27)30-18)14-7-5-4-6-13(14)22/h4-11,15H,3H2,1-2H3,(H,25,26)/b18-11+. The first-order valence-electron chi connectivity index (χ1n) is 8.95. The molecule has 1 N–H and O–H groups in total. The summed E-state index contributed by atoms with van der Waals surface area (Å²) in [6.07, 6.45) is 0.885. The molecule has 2 aromatic carbocycles. The van der Waals surface area contributed by atoms with Crippen LogP contribution in [0.25, 0.3) is 6.08 Å². The molecule has 156 valence electrons. The molecule has 9 heteroatoms. The van der Waals surface area contributed by atoms with Gasteiger partial charge >= 0.3 is 5.97 Å². The highest BCUT2D eigenvalue weighted by molar-refractivity contribution is 9.10. The molecule has 0 saturated carbocycles. The second kappa shape index (κ2) is 9.36. The summed E-state index contributed by atoms with van der Waals surface area (Å²) < 4.78 is 11.5. The second-order valence-electron chi connectivity index (χ2n) is 6.23. The Bertz CT molecular complexity index is 1040. The fourth-order valence-corrected chi connectivity index (χ4v) is 4.09. The molecule has 1 heterocycles. The zero-order valence-electron chi connectivity index (χ0n) is 16.1. The van der Waals surface area contributed by atoms with Gasteiger partial charge < -0.3 is 14.6 Å². The summed E-state index contributed by atoms with van der Waals surface area (Å²) in [7, 11) is 1.44. The maximum atomic E-state index is 12.8. The number of carboxylic acids is 1. The molecule has 2 amide bonds. The van der Waals surface area contributed by atoms with E-state index < -0.39 is 23.2 Å². The van der Waals surface area contributed by atoms with Crippen LogP contribution in [0.5, 0.6) is 11.5 Å². The summed E-state index contributed by atoms with van der Waals surface area (Å²) in [4.78, 5) is 37.9. The number of imide groups is 1. The zero-order valence-corrected chi connectivity index (χ0v) is 18.5. The van der Waals surface area contributed by atoms with Crippen molar-refractivity contribution in [2.75, 3.05) is 12.0 Å². The van der Waals surface area contributed by atoms with Gasteiger partial charge in [-0.15, -0.1) is 0 Å². The molecule has 0 radical (unpaired) electrons. The Hall–Kier alpha value is -2.78. The Morgan fingerprint density at radius 1 is 1.23 bits per heavy atom. The van der Waals surface area contributed by atoms with Gasteiger partial charge in [-0.25, -0.2) is 9.69 Å². The minimum atomic E-state index is -1.07. The Morgan fingerprint density at radius 2 is 1.97 bits per heavy atom. The summed E-state index contributed by atoms with van der Waals surface area (Å²) >= 11 is 4.21. The number of nitrogens with zero attached hydrogens (tertiary/aromatic N) is 1. The number of halogens is 1. The number of aliphatic carboxylic acids is 1. The lowest BCUT2D eigenvalue weighted by Crippen LogP contribution is -2.27. The smallest absolute Gasteiger partial charge is 0.344 e.